The van der Waals surface area contributed by atoms with E-state index >= 15 is 0 Å². The van der Waals surface area contributed by atoms with E-state index in [2.05, 4.69) is 34.0 Å². The van der Waals surface area contributed by atoms with E-state index in [0.29, 0.717) is 0 Å². The average molecular weight is 273 g/mol. The Labute approximate surface area is 115 Å². The fourth-order valence-corrected chi connectivity index (χ4v) is 2.56. The highest BCUT2D eigenvalue weighted by Gasteiger charge is 2.20. The first-order valence-corrected chi connectivity index (χ1v) is 7.21. The minimum Gasteiger partial charge on any atom is -0.459 e. The van der Waals surface area contributed by atoms with Crippen LogP contribution in [-0.4, -0.2) is 16.1 Å². The lowest BCUT2D eigenvalue weighted by molar-refractivity contribution is 0.463. The van der Waals surface area contributed by atoms with Gasteiger partial charge in [-0.3, -0.25) is 0 Å². The van der Waals surface area contributed by atoms with Gasteiger partial charge < -0.3 is 9.73 Å². The maximum absolute atomic E-state index is 5.93. The van der Waals surface area contributed by atoms with Crippen molar-refractivity contribution < 1.29 is 4.42 Å². The number of furan rings is 1. The topological polar surface area (TPSA) is 51.0 Å². The highest BCUT2D eigenvalue weighted by atomic mass is 32.1. The first-order valence-electron chi connectivity index (χ1n) is 6.37. The van der Waals surface area contributed by atoms with Gasteiger partial charge in [-0.2, -0.15) is 0 Å². The van der Waals surface area contributed by atoms with Crippen LogP contribution in [0.5, 0.6) is 0 Å². The van der Waals surface area contributed by atoms with E-state index in [0.717, 1.165) is 35.4 Å². The van der Waals surface area contributed by atoms with Gasteiger partial charge in [0.05, 0.1) is 0 Å². The monoisotopic (exact) mass is 273 g/mol. The van der Waals surface area contributed by atoms with Crippen LogP contribution in [0, 0.1) is 0 Å². The van der Waals surface area contributed by atoms with Gasteiger partial charge in [-0.1, -0.05) is 29.6 Å². The number of benzene rings is 1. The molecular formula is C14H15N3OS. The molecule has 1 atom stereocenters. The number of nitrogens with zero attached hydrogens (tertiary/aromatic N) is 2. The highest BCUT2D eigenvalue weighted by Crippen LogP contribution is 2.27. The van der Waals surface area contributed by atoms with Gasteiger partial charge in [-0.15, -0.1) is 5.10 Å². The molecule has 0 amide bonds. The number of nitrogens with one attached hydrogen (secondary N) is 1. The molecule has 19 heavy (non-hydrogen) atoms. The van der Waals surface area contributed by atoms with Crippen LogP contribution in [0.25, 0.3) is 11.0 Å². The van der Waals surface area contributed by atoms with Crippen molar-refractivity contribution in [1.29, 1.82) is 0 Å². The van der Waals surface area contributed by atoms with Crippen molar-refractivity contribution in [3.8, 4) is 0 Å². The average Bonchev–Trinajstić information content (AvgIpc) is 3.08. The molecule has 0 fully saturated rings. The molecule has 0 spiro atoms. The van der Waals surface area contributed by atoms with Gasteiger partial charge in [0.2, 0.25) is 0 Å². The third-order valence-electron chi connectivity index (χ3n) is 3.00. The summed E-state index contributed by atoms with van der Waals surface area (Å²) in [6.07, 6.45) is 1.06. The Morgan fingerprint density at radius 1 is 1.37 bits per heavy atom. The van der Waals surface area contributed by atoms with Crippen LogP contribution in [0.1, 0.15) is 30.8 Å². The second-order valence-corrected chi connectivity index (χ2v) is 5.01. The van der Waals surface area contributed by atoms with Crippen molar-refractivity contribution in [2.24, 2.45) is 0 Å². The van der Waals surface area contributed by atoms with E-state index in [1.165, 1.54) is 11.5 Å². The molecule has 98 valence electrons. The molecule has 2 heterocycles. The molecule has 0 aliphatic carbocycles. The number of fused-ring (bicyclic) bond motifs is 1. The van der Waals surface area contributed by atoms with Crippen molar-refractivity contribution in [3.63, 3.8) is 0 Å². The summed E-state index contributed by atoms with van der Waals surface area (Å²) >= 11 is 1.36. The number of hydrogen-bond donors (Lipinski definition) is 1. The first-order chi connectivity index (χ1) is 9.38. The molecule has 3 rings (SSSR count). The second-order valence-electron chi connectivity index (χ2n) is 4.40. The zero-order valence-corrected chi connectivity index (χ0v) is 11.5. The Balaban J connectivity index is 1.98. The normalized spacial score (nSPS) is 12.9. The van der Waals surface area contributed by atoms with Gasteiger partial charge in [-0.05, 0) is 36.6 Å². The first kappa shape index (κ1) is 12.3. The molecule has 4 nitrogen and oxygen atoms in total. The Bertz CT molecular complexity index is 615. The lowest BCUT2D eigenvalue weighted by atomic mass is 10.1. The largest absolute Gasteiger partial charge is 0.459 e. The van der Waals surface area contributed by atoms with E-state index in [9.17, 15) is 0 Å². The van der Waals surface area contributed by atoms with Gasteiger partial charge in [0, 0.05) is 10.8 Å². The quantitative estimate of drug-likeness (QED) is 0.774. The minimum absolute atomic E-state index is 0.0221. The van der Waals surface area contributed by atoms with Crippen LogP contribution in [0.3, 0.4) is 0 Å². The molecule has 1 unspecified atom stereocenters. The van der Waals surface area contributed by atoms with Crippen molar-refractivity contribution in [2.45, 2.75) is 19.4 Å². The number of aromatic nitrogens is 2. The Morgan fingerprint density at radius 2 is 2.26 bits per heavy atom. The lowest BCUT2D eigenvalue weighted by Gasteiger charge is -2.12. The number of rotatable bonds is 5. The molecule has 0 aliphatic rings. The Morgan fingerprint density at radius 3 is 3.00 bits per heavy atom. The highest BCUT2D eigenvalue weighted by molar-refractivity contribution is 7.03. The van der Waals surface area contributed by atoms with Crippen LogP contribution in [0.4, 0.5) is 0 Å². The Kier molecular flexibility index (Phi) is 3.57. The molecule has 0 bridgehead atoms. The van der Waals surface area contributed by atoms with Crippen molar-refractivity contribution in [2.75, 3.05) is 6.54 Å². The molecule has 5 heteroatoms. The molecule has 0 radical (unpaired) electrons. The summed E-state index contributed by atoms with van der Waals surface area (Å²) in [6.45, 7) is 3.06. The predicted octanol–water partition coefficient (Wildman–Crippen LogP) is 3.37. The summed E-state index contributed by atoms with van der Waals surface area (Å²) in [5.41, 5.74) is 1.82. The van der Waals surface area contributed by atoms with Crippen LogP contribution in [0.2, 0.25) is 0 Å². The van der Waals surface area contributed by atoms with E-state index in [1.54, 1.807) is 0 Å². The van der Waals surface area contributed by atoms with Crippen LogP contribution in [-0.2, 0) is 0 Å². The molecule has 0 aliphatic heterocycles. The van der Waals surface area contributed by atoms with Crippen molar-refractivity contribution in [1.82, 2.24) is 14.9 Å². The molecular weight excluding hydrogens is 258 g/mol. The number of hydrogen-bond acceptors (Lipinski definition) is 5. The molecule has 1 N–H and O–H groups in total. The van der Waals surface area contributed by atoms with Gasteiger partial charge in [0.25, 0.3) is 0 Å². The smallest absolute Gasteiger partial charge is 0.134 e. The molecule has 0 saturated heterocycles. The van der Waals surface area contributed by atoms with E-state index < -0.39 is 0 Å². The van der Waals surface area contributed by atoms with Crippen LogP contribution < -0.4 is 5.32 Å². The zero-order chi connectivity index (χ0) is 13.1. The summed E-state index contributed by atoms with van der Waals surface area (Å²) in [6, 6.07) is 10.1. The fourth-order valence-electron chi connectivity index (χ4n) is 2.08. The van der Waals surface area contributed by atoms with Gasteiger partial charge >= 0.3 is 0 Å². The zero-order valence-electron chi connectivity index (χ0n) is 10.7. The van der Waals surface area contributed by atoms with Gasteiger partial charge in [-0.25, -0.2) is 0 Å². The SMILES string of the molecule is CCCNC(c1csnn1)c1cc2ccccc2o1. The van der Waals surface area contributed by atoms with Gasteiger partial charge in [0.15, 0.2) is 0 Å². The van der Waals surface area contributed by atoms with Gasteiger partial charge in [0.1, 0.15) is 23.1 Å². The predicted molar refractivity (Wildman–Crippen MR) is 76.3 cm³/mol. The molecule has 0 saturated carbocycles. The summed E-state index contributed by atoms with van der Waals surface area (Å²) < 4.78 is 9.87. The van der Waals surface area contributed by atoms with Crippen LogP contribution >= 0.6 is 11.5 Å². The maximum Gasteiger partial charge on any atom is 0.134 e. The molecule has 2 aromatic heterocycles. The third-order valence-corrected chi connectivity index (χ3v) is 3.52. The van der Waals surface area contributed by atoms with E-state index in [-0.39, 0.29) is 6.04 Å². The summed E-state index contributed by atoms with van der Waals surface area (Å²) in [4.78, 5) is 0. The lowest BCUT2D eigenvalue weighted by Crippen LogP contribution is -2.23. The summed E-state index contributed by atoms with van der Waals surface area (Å²) in [5.74, 6) is 0.891. The summed E-state index contributed by atoms with van der Waals surface area (Å²) in [5, 5.41) is 10.7. The van der Waals surface area contributed by atoms with Crippen molar-refractivity contribution >= 4 is 22.5 Å². The van der Waals surface area contributed by atoms with Crippen LogP contribution in [0.15, 0.2) is 40.1 Å². The fraction of sp³-hybridized carbons (Fsp3) is 0.286. The number of para-hydroxylation sites is 1. The standard InChI is InChI=1S/C14H15N3OS/c1-2-7-15-14(11-9-19-17-16-11)13-8-10-5-3-4-6-12(10)18-13/h3-6,8-9,14-15H,2,7H2,1H3. The summed E-state index contributed by atoms with van der Waals surface area (Å²) in [7, 11) is 0. The van der Waals surface area contributed by atoms with E-state index in [1.807, 2.05) is 23.6 Å². The maximum atomic E-state index is 5.93. The third kappa shape index (κ3) is 2.52. The molecule has 1 aromatic carbocycles. The van der Waals surface area contributed by atoms with Crippen molar-refractivity contribution in [3.05, 3.63) is 47.2 Å². The van der Waals surface area contributed by atoms with E-state index in [4.69, 9.17) is 4.42 Å². The minimum atomic E-state index is -0.0221. The molecule has 3 aromatic rings. The second kappa shape index (κ2) is 5.50. The Hall–Kier alpha value is -1.72.